The van der Waals surface area contributed by atoms with Gasteiger partial charge < -0.3 is 74.0 Å². The van der Waals surface area contributed by atoms with Crippen LogP contribution in [0, 0.1) is 0 Å². The fraction of sp³-hybridized carbons (Fsp3) is 0.917. The Balaban J connectivity index is 1.81. The van der Waals surface area contributed by atoms with Crippen LogP contribution in [0.2, 0.25) is 0 Å². The van der Waals surface area contributed by atoms with Gasteiger partial charge in [-0.25, -0.2) is 26.3 Å². The van der Waals surface area contributed by atoms with Gasteiger partial charge in [-0.2, -0.15) is 60.0 Å². The maximum Gasteiger partial charge on any atom is 0.397 e. The normalized spacial score (nSPS) is 39.2. The minimum atomic E-state index is -6.17. The van der Waals surface area contributed by atoms with Gasteiger partial charge >= 0.3 is 74.1 Å². The zero-order valence-electron chi connectivity index (χ0n) is 33.9. The molecule has 47 heteroatoms. The number of nitrogens with one attached hydrogen (secondary N) is 2. The van der Waals surface area contributed by atoms with Crippen molar-refractivity contribution in [1.82, 2.24) is 9.44 Å². The molecule has 0 spiro atoms. The van der Waals surface area contributed by atoms with Crippen molar-refractivity contribution in [3.8, 4) is 0 Å². The molecule has 416 valence electrons. The second kappa shape index (κ2) is 22.9. The van der Waals surface area contributed by atoms with E-state index in [9.17, 15) is 119 Å². The Bertz CT molecular complexity index is 2580. The number of carboxylic acid groups (broad SMARTS) is 2. The van der Waals surface area contributed by atoms with E-state index in [1.165, 1.54) is 4.72 Å². The SMILES string of the molecule is O=C(O)[C@H]1O[C@@H](O[C@H]2[C@H](OS(=O)(=O)O)[C@@H](NS(=O)(=O)O)[C@@H](O[C@H]3[C@H](O)[C@@H](OS(=O)(=O)O)C(O)O[C@H]3C(=O)O)O[C@@H]2COS(=O)(=O)O)[C@H](O)[C@@H](O)[C@@H]1O[C@H]1O[C@H](COS(=O)(=O)O)[C@@H](O)[C@H](O)[C@H]1NS(=O)(=O)O. The van der Waals surface area contributed by atoms with Gasteiger partial charge in [0.05, 0.1) is 13.2 Å². The Morgan fingerprint density at radius 3 is 1.30 bits per heavy atom. The number of ether oxygens (including phenoxy) is 7. The highest BCUT2D eigenvalue weighted by molar-refractivity contribution is 7.84. The summed E-state index contributed by atoms with van der Waals surface area (Å²) in [7, 11) is -34.4. The number of hydrogen-bond acceptors (Lipinski definition) is 31. The van der Waals surface area contributed by atoms with Gasteiger partial charge in [-0.3, -0.25) is 27.3 Å². The summed E-state index contributed by atoms with van der Waals surface area (Å²) in [5.41, 5.74) is 0. The highest BCUT2D eigenvalue weighted by Gasteiger charge is 2.60. The predicted molar refractivity (Wildman–Crippen MR) is 202 cm³/mol. The van der Waals surface area contributed by atoms with E-state index in [0.717, 1.165) is 4.72 Å². The highest BCUT2D eigenvalue weighted by Crippen LogP contribution is 2.37. The number of aliphatic hydroxyl groups excluding tert-OH is 6. The lowest BCUT2D eigenvalue weighted by Crippen LogP contribution is -2.71. The number of rotatable bonds is 22. The van der Waals surface area contributed by atoms with Crippen LogP contribution >= 0.6 is 0 Å². The minimum Gasteiger partial charge on any atom is -0.479 e. The van der Waals surface area contributed by atoms with Crippen molar-refractivity contribution in [2.24, 2.45) is 0 Å². The largest absolute Gasteiger partial charge is 0.479 e. The Kier molecular flexibility index (Phi) is 19.7. The molecule has 20 atom stereocenters. The van der Waals surface area contributed by atoms with Gasteiger partial charge in [-0.15, -0.1) is 0 Å². The quantitative estimate of drug-likeness (QED) is 0.0448. The zero-order valence-corrected chi connectivity index (χ0v) is 38.8. The van der Waals surface area contributed by atoms with Crippen LogP contribution in [0.15, 0.2) is 0 Å². The molecule has 0 aliphatic carbocycles. The molecule has 1 unspecified atom stereocenters. The first-order chi connectivity index (χ1) is 32.1. The molecule has 0 saturated carbocycles. The molecule has 4 rings (SSSR count). The summed E-state index contributed by atoms with van der Waals surface area (Å²) in [5, 5.41) is 84.4. The van der Waals surface area contributed by atoms with Crippen LogP contribution in [0.4, 0.5) is 0 Å². The van der Waals surface area contributed by atoms with Gasteiger partial charge in [-0.05, 0) is 0 Å². The lowest BCUT2D eigenvalue weighted by Gasteiger charge is -2.49. The van der Waals surface area contributed by atoms with Crippen LogP contribution in [0.3, 0.4) is 0 Å². The number of aliphatic carboxylic acids is 2. The van der Waals surface area contributed by atoms with Crippen molar-refractivity contribution < 1.29 is 178 Å². The minimum absolute atomic E-state index is 1.16. The molecule has 4 fully saturated rings. The van der Waals surface area contributed by atoms with Gasteiger partial charge in [0.15, 0.2) is 43.5 Å². The summed E-state index contributed by atoms with van der Waals surface area (Å²) >= 11 is 0. The third-order valence-electron chi connectivity index (χ3n) is 9.59. The molecule has 0 aromatic carbocycles. The first-order valence-corrected chi connectivity index (χ1v) is 26.6. The molecule has 0 radical (unpaired) electrons. The third-order valence-corrected chi connectivity index (χ3v) is 12.5. The van der Waals surface area contributed by atoms with E-state index in [4.69, 9.17) is 37.5 Å². The second-order valence-corrected chi connectivity index (χ2v) is 21.2. The fourth-order valence-electron chi connectivity index (χ4n) is 6.86. The molecule has 4 aliphatic heterocycles. The van der Waals surface area contributed by atoms with E-state index in [1.54, 1.807) is 0 Å². The van der Waals surface area contributed by atoms with Crippen LogP contribution in [0.1, 0.15) is 0 Å². The lowest BCUT2D eigenvalue weighted by molar-refractivity contribution is -0.367. The monoisotopic (exact) mass is 1170 g/mol. The molecule has 41 nitrogen and oxygen atoms in total. The van der Waals surface area contributed by atoms with Crippen LogP contribution in [-0.2, 0) is 122 Å². The van der Waals surface area contributed by atoms with Crippen molar-refractivity contribution in [2.75, 3.05) is 13.2 Å². The van der Waals surface area contributed by atoms with Crippen LogP contribution < -0.4 is 9.44 Å². The zero-order chi connectivity index (χ0) is 54.3. The molecular weight excluding hydrogens is 1130 g/mol. The molecule has 71 heavy (non-hydrogen) atoms. The molecule has 4 saturated heterocycles. The number of hydrogen-bond donors (Lipinski definition) is 16. The van der Waals surface area contributed by atoms with Gasteiger partial charge in [-0.1, -0.05) is 0 Å². The fourth-order valence-corrected chi connectivity index (χ4v) is 9.65. The molecule has 4 aliphatic rings. The summed E-state index contributed by atoms with van der Waals surface area (Å²) in [4.78, 5) is 24.7. The van der Waals surface area contributed by atoms with E-state index in [0.29, 0.717) is 0 Å². The maximum atomic E-state index is 12.6. The Hall–Kier alpha value is -2.36. The summed E-state index contributed by atoms with van der Waals surface area (Å²) in [6.07, 6.45) is -50.3. The van der Waals surface area contributed by atoms with Gasteiger partial charge in [0.2, 0.25) is 0 Å². The Morgan fingerprint density at radius 1 is 0.423 bits per heavy atom. The average Bonchev–Trinajstić information content (AvgIpc) is 3.17. The van der Waals surface area contributed by atoms with Crippen LogP contribution in [0.25, 0.3) is 0 Å². The molecule has 0 aromatic heterocycles. The molecule has 0 amide bonds. The van der Waals surface area contributed by atoms with Crippen molar-refractivity contribution in [3.63, 3.8) is 0 Å². The van der Waals surface area contributed by atoms with Gasteiger partial charge in [0.25, 0.3) is 0 Å². The Labute approximate surface area is 396 Å². The summed E-state index contributed by atoms with van der Waals surface area (Å²) in [6.45, 7) is -3.29. The van der Waals surface area contributed by atoms with Crippen molar-refractivity contribution in [2.45, 2.75) is 123 Å². The van der Waals surface area contributed by atoms with Gasteiger partial charge in [0.1, 0.15) is 79.2 Å². The third kappa shape index (κ3) is 17.3. The van der Waals surface area contributed by atoms with E-state index < -0.39 is 210 Å². The van der Waals surface area contributed by atoms with Gasteiger partial charge in [0, 0.05) is 0 Å². The van der Waals surface area contributed by atoms with Crippen molar-refractivity contribution >= 4 is 74.1 Å². The molecule has 0 bridgehead atoms. The number of carboxylic acids is 2. The average molecular weight is 1170 g/mol. The standard InChI is InChI=1S/C24H40N2O39S6/c27-7-3(1-55-68(43,44)45)57-22(5(8(7)28)25-66(37,38)39)61-14-9(29)10(30)24(63-18(14)20(34)35)60-12-4(2-56-69(46,47)48)58-23(6(26-67(40,41)42)13(12)64-70(49,50)51)62-15-11(31)16(65-71(52,53)54)21(36)59-17(15)19(32)33/h3-18,21-31,36H,1-2H2,(H,32,33)(H,34,35)(H,37,38,39)(H,40,41,42)(H,43,44,45)(H,46,47,48)(H,49,50,51)(H,52,53,54)/t3-,4-,5-,6-,7-,8-,9-,10-,11+,12-,13-,14+,15+,16-,17-,18+,21?,22-,23-,24-/m1/s1. The molecular formula is C24H40N2O39S6. The second-order valence-electron chi connectivity index (χ2n) is 14.5. The topological polar surface area (TPSA) is 648 Å². The van der Waals surface area contributed by atoms with Crippen LogP contribution in [-0.4, -0.2) is 267 Å². The van der Waals surface area contributed by atoms with Crippen molar-refractivity contribution in [3.05, 3.63) is 0 Å². The van der Waals surface area contributed by atoms with Crippen molar-refractivity contribution in [1.29, 1.82) is 0 Å². The molecule has 4 heterocycles. The first kappa shape index (κ1) is 61.2. The van der Waals surface area contributed by atoms with E-state index in [2.05, 4.69) is 21.5 Å². The Morgan fingerprint density at radius 2 is 0.831 bits per heavy atom. The van der Waals surface area contributed by atoms with E-state index in [1.807, 2.05) is 0 Å². The van der Waals surface area contributed by atoms with Crippen LogP contribution in [0.5, 0.6) is 0 Å². The maximum absolute atomic E-state index is 12.6. The molecule has 16 N–H and O–H groups in total. The molecule has 0 aromatic rings. The van der Waals surface area contributed by atoms with E-state index >= 15 is 0 Å². The summed E-state index contributed by atoms with van der Waals surface area (Å²) < 4.78 is 253. The lowest BCUT2D eigenvalue weighted by atomic mass is 9.94. The predicted octanol–water partition coefficient (Wildman–Crippen LogP) is -11.5. The summed E-state index contributed by atoms with van der Waals surface area (Å²) in [6, 6.07) is -5.53. The first-order valence-electron chi connectivity index (χ1n) is 18.2. The number of aliphatic hydroxyl groups is 6. The van der Waals surface area contributed by atoms with E-state index in [-0.39, 0.29) is 0 Å². The summed E-state index contributed by atoms with van der Waals surface area (Å²) in [5.74, 6) is -4.58. The highest BCUT2D eigenvalue weighted by atomic mass is 32.3. The smallest absolute Gasteiger partial charge is 0.397 e. The number of carbonyl (C=O) groups is 2.